The van der Waals surface area contributed by atoms with Gasteiger partial charge in [-0.05, 0) is 31.0 Å². The molecule has 0 fully saturated rings. The van der Waals surface area contributed by atoms with Crippen molar-refractivity contribution in [2.24, 2.45) is 0 Å². The van der Waals surface area contributed by atoms with Crippen LogP contribution in [-0.2, 0) is 6.42 Å². The van der Waals surface area contributed by atoms with Crippen LogP contribution < -0.4 is 5.73 Å². The molecule has 2 aromatic carbocycles. The minimum atomic E-state index is -0.450. The van der Waals surface area contributed by atoms with Crippen molar-refractivity contribution in [2.45, 2.75) is 20.3 Å². The summed E-state index contributed by atoms with van der Waals surface area (Å²) in [5, 5.41) is 0. The highest BCUT2D eigenvalue weighted by atomic mass is 19.1. The molecule has 0 radical (unpaired) electrons. The second-order valence-corrected chi connectivity index (χ2v) is 4.55. The minimum Gasteiger partial charge on any atom is -0.398 e. The number of carbonyl (C=O) groups is 1. The summed E-state index contributed by atoms with van der Waals surface area (Å²) in [6.45, 7) is 3.64. The number of ketones is 1. The summed E-state index contributed by atoms with van der Waals surface area (Å²) in [6.07, 6.45) is 0.917. The SMILES string of the molecule is CCc1ccc(C(=O)c2cc(N)c(C)c(F)c2)cc1. The Morgan fingerprint density at radius 2 is 1.79 bits per heavy atom. The number of halogens is 1. The van der Waals surface area contributed by atoms with Crippen molar-refractivity contribution in [1.82, 2.24) is 0 Å². The topological polar surface area (TPSA) is 43.1 Å². The van der Waals surface area contributed by atoms with E-state index in [2.05, 4.69) is 0 Å². The molecular weight excluding hydrogens is 241 g/mol. The molecule has 0 amide bonds. The molecule has 0 spiro atoms. The Kier molecular flexibility index (Phi) is 3.65. The quantitative estimate of drug-likeness (QED) is 0.675. The van der Waals surface area contributed by atoms with Gasteiger partial charge < -0.3 is 5.73 Å². The second-order valence-electron chi connectivity index (χ2n) is 4.55. The van der Waals surface area contributed by atoms with E-state index in [1.165, 1.54) is 12.1 Å². The number of hydrogen-bond acceptors (Lipinski definition) is 2. The van der Waals surface area contributed by atoms with Crippen molar-refractivity contribution < 1.29 is 9.18 Å². The van der Waals surface area contributed by atoms with Crippen LogP contribution >= 0.6 is 0 Å². The van der Waals surface area contributed by atoms with Gasteiger partial charge in [0.25, 0.3) is 0 Å². The Morgan fingerprint density at radius 1 is 1.16 bits per heavy atom. The Hall–Kier alpha value is -2.16. The van der Waals surface area contributed by atoms with Gasteiger partial charge >= 0.3 is 0 Å². The standard InChI is InChI=1S/C16H16FNO/c1-3-11-4-6-12(7-5-11)16(19)13-8-14(17)10(2)15(18)9-13/h4-9H,3,18H2,1-2H3. The summed E-state index contributed by atoms with van der Waals surface area (Å²) in [6, 6.07) is 10.1. The van der Waals surface area contributed by atoms with Crippen molar-refractivity contribution >= 4 is 11.5 Å². The number of carbonyl (C=O) groups excluding carboxylic acids is 1. The van der Waals surface area contributed by atoms with Crippen molar-refractivity contribution in [2.75, 3.05) is 5.73 Å². The number of anilines is 1. The monoisotopic (exact) mass is 257 g/mol. The average molecular weight is 257 g/mol. The number of rotatable bonds is 3. The zero-order valence-electron chi connectivity index (χ0n) is 11.0. The number of benzene rings is 2. The third kappa shape index (κ3) is 2.65. The number of nitrogen functional groups attached to an aromatic ring is 1. The zero-order chi connectivity index (χ0) is 14.0. The highest BCUT2D eigenvalue weighted by molar-refractivity contribution is 6.09. The van der Waals surface area contributed by atoms with Gasteiger partial charge in [0.2, 0.25) is 0 Å². The Labute approximate surface area is 112 Å². The van der Waals surface area contributed by atoms with E-state index in [1.54, 1.807) is 19.1 Å². The van der Waals surface area contributed by atoms with E-state index < -0.39 is 5.82 Å². The molecule has 0 aromatic heterocycles. The number of aryl methyl sites for hydroxylation is 1. The van der Waals surface area contributed by atoms with E-state index in [0.717, 1.165) is 12.0 Å². The van der Waals surface area contributed by atoms with Gasteiger partial charge in [-0.3, -0.25) is 4.79 Å². The lowest BCUT2D eigenvalue weighted by Gasteiger charge is -2.07. The third-order valence-electron chi connectivity index (χ3n) is 3.27. The van der Waals surface area contributed by atoms with Crippen LogP contribution in [0.1, 0.15) is 34.0 Å². The van der Waals surface area contributed by atoms with E-state index in [9.17, 15) is 9.18 Å². The molecule has 19 heavy (non-hydrogen) atoms. The van der Waals surface area contributed by atoms with Crippen LogP contribution in [0, 0.1) is 12.7 Å². The van der Waals surface area contributed by atoms with E-state index in [4.69, 9.17) is 5.73 Å². The fourth-order valence-corrected chi connectivity index (χ4v) is 1.89. The largest absolute Gasteiger partial charge is 0.398 e. The Morgan fingerprint density at radius 3 is 2.32 bits per heavy atom. The summed E-state index contributed by atoms with van der Waals surface area (Å²) in [4.78, 5) is 12.2. The molecule has 0 saturated heterocycles. The summed E-state index contributed by atoms with van der Waals surface area (Å²) in [5.74, 6) is -0.665. The fraction of sp³-hybridized carbons (Fsp3) is 0.188. The van der Waals surface area contributed by atoms with Gasteiger partial charge in [-0.25, -0.2) is 4.39 Å². The Bertz CT molecular complexity index is 594. The molecule has 0 aliphatic heterocycles. The first-order valence-corrected chi connectivity index (χ1v) is 6.22. The zero-order valence-corrected chi connectivity index (χ0v) is 11.0. The van der Waals surface area contributed by atoms with E-state index in [-0.39, 0.29) is 11.3 Å². The van der Waals surface area contributed by atoms with Crippen molar-refractivity contribution in [3.63, 3.8) is 0 Å². The smallest absolute Gasteiger partial charge is 0.193 e. The number of hydrogen-bond donors (Lipinski definition) is 1. The molecule has 0 saturated carbocycles. The third-order valence-corrected chi connectivity index (χ3v) is 3.27. The minimum absolute atomic E-state index is 0.215. The van der Waals surface area contributed by atoms with Crippen LogP contribution in [0.3, 0.4) is 0 Å². The molecule has 3 heteroatoms. The molecule has 0 aliphatic rings. The predicted molar refractivity (Wildman–Crippen MR) is 74.8 cm³/mol. The van der Waals surface area contributed by atoms with Crippen LogP contribution in [0.25, 0.3) is 0 Å². The molecule has 2 aromatic rings. The second kappa shape index (κ2) is 5.22. The molecule has 2 N–H and O–H groups in total. The lowest BCUT2D eigenvalue weighted by molar-refractivity contribution is 0.103. The molecular formula is C16H16FNO. The normalized spacial score (nSPS) is 10.5. The highest BCUT2D eigenvalue weighted by Gasteiger charge is 2.13. The van der Waals surface area contributed by atoms with Gasteiger partial charge in [-0.1, -0.05) is 31.2 Å². The maximum atomic E-state index is 13.6. The van der Waals surface area contributed by atoms with Gasteiger partial charge in [0.05, 0.1) is 0 Å². The van der Waals surface area contributed by atoms with Crippen molar-refractivity contribution in [3.05, 3.63) is 64.5 Å². The van der Waals surface area contributed by atoms with Crippen LogP contribution in [0.15, 0.2) is 36.4 Å². The van der Waals surface area contributed by atoms with Crippen LogP contribution in [-0.4, -0.2) is 5.78 Å². The van der Waals surface area contributed by atoms with E-state index >= 15 is 0 Å². The lowest BCUT2D eigenvalue weighted by Crippen LogP contribution is -2.05. The first kappa shape index (κ1) is 13.3. The molecule has 0 bridgehead atoms. The highest BCUT2D eigenvalue weighted by Crippen LogP contribution is 2.20. The maximum Gasteiger partial charge on any atom is 0.193 e. The first-order valence-electron chi connectivity index (χ1n) is 6.22. The van der Waals surface area contributed by atoms with Crippen molar-refractivity contribution in [3.8, 4) is 0 Å². The first-order chi connectivity index (χ1) is 9.02. The lowest BCUT2D eigenvalue weighted by atomic mass is 9.99. The van der Waals surface area contributed by atoms with Gasteiger partial charge in [0.1, 0.15) is 5.82 Å². The van der Waals surface area contributed by atoms with Gasteiger partial charge in [0, 0.05) is 22.4 Å². The maximum absolute atomic E-state index is 13.6. The molecule has 2 nitrogen and oxygen atoms in total. The van der Waals surface area contributed by atoms with Gasteiger partial charge in [-0.15, -0.1) is 0 Å². The average Bonchev–Trinajstić information content (AvgIpc) is 2.43. The fourth-order valence-electron chi connectivity index (χ4n) is 1.89. The summed E-state index contributed by atoms with van der Waals surface area (Å²) >= 11 is 0. The van der Waals surface area contributed by atoms with Crippen molar-refractivity contribution in [1.29, 1.82) is 0 Å². The molecule has 0 heterocycles. The van der Waals surface area contributed by atoms with Crippen LogP contribution in [0.5, 0.6) is 0 Å². The summed E-state index contributed by atoms with van der Waals surface area (Å²) < 4.78 is 13.6. The van der Waals surface area contributed by atoms with Gasteiger partial charge in [0.15, 0.2) is 5.78 Å². The molecule has 0 unspecified atom stereocenters. The Balaban J connectivity index is 2.38. The van der Waals surface area contributed by atoms with E-state index in [0.29, 0.717) is 16.8 Å². The predicted octanol–water partition coefficient (Wildman–Crippen LogP) is 3.51. The summed E-state index contributed by atoms with van der Waals surface area (Å²) in [5.41, 5.74) is 8.35. The van der Waals surface area contributed by atoms with Crippen LogP contribution in [0.2, 0.25) is 0 Å². The van der Waals surface area contributed by atoms with Gasteiger partial charge in [-0.2, -0.15) is 0 Å². The number of nitrogens with two attached hydrogens (primary N) is 1. The molecule has 0 aliphatic carbocycles. The molecule has 98 valence electrons. The summed E-state index contributed by atoms with van der Waals surface area (Å²) in [7, 11) is 0. The van der Waals surface area contributed by atoms with Crippen LogP contribution in [0.4, 0.5) is 10.1 Å². The van der Waals surface area contributed by atoms with E-state index in [1.807, 2.05) is 19.1 Å². The molecule has 0 atom stereocenters. The molecule has 2 rings (SSSR count).